The number of fused-ring (bicyclic) bond motifs is 3. The Kier molecular flexibility index (Phi) is 3.16. The van der Waals surface area contributed by atoms with E-state index in [-0.39, 0.29) is 36.2 Å². The Hall–Kier alpha value is -1.28. The number of hydrogen-bond donors (Lipinski definition) is 3. The fourth-order valence-electron chi connectivity index (χ4n) is 4.43. The van der Waals surface area contributed by atoms with E-state index in [4.69, 9.17) is 11.6 Å². The number of aliphatic hydroxyl groups is 3. The highest BCUT2D eigenvalue weighted by Gasteiger charge is 2.60. The SMILES string of the molecule is OCC1(CO)C[C@H]2C[C@@H]1[C@H](n1cnc3c(Cl)ncnc31)[C@H]2O. The zero-order valence-corrected chi connectivity index (χ0v) is 12.6. The summed E-state index contributed by atoms with van der Waals surface area (Å²) in [6.45, 7) is -0.174. The zero-order valence-electron chi connectivity index (χ0n) is 11.8. The summed E-state index contributed by atoms with van der Waals surface area (Å²) in [6, 6.07) is -0.269. The molecule has 0 aliphatic heterocycles. The first-order valence-corrected chi connectivity index (χ1v) is 7.72. The lowest BCUT2D eigenvalue weighted by Crippen LogP contribution is -2.45. The molecule has 3 N–H and O–H groups in total. The van der Waals surface area contributed by atoms with Gasteiger partial charge in [-0.25, -0.2) is 15.0 Å². The van der Waals surface area contributed by atoms with Crippen molar-refractivity contribution in [3.8, 4) is 0 Å². The molecule has 22 heavy (non-hydrogen) atoms. The molecule has 4 rings (SSSR count). The van der Waals surface area contributed by atoms with E-state index in [1.54, 1.807) is 6.33 Å². The Morgan fingerprint density at radius 1 is 1.27 bits per heavy atom. The van der Waals surface area contributed by atoms with Crippen molar-refractivity contribution in [1.29, 1.82) is 0 Å². The highest BCUT2D eigenvalue weighted by atomic mass is 35.5. The van der Waals surface area contributed by atoms with Crippen molar-refractivity contribution in [3.05, 3.63) is 17.8 Å². The number of aliphatic hydroxyl groups excluding tert-OH is 3. The summed E-state index contributed by atoms with van der Waals surface area (Å²) in [5.74, 6) is 0.0534. The van der Waals surface area contributed by atoms with Gasteiger partial charge in [0.2, 0.25) is 0 Å². The van der Waals surface area contributed by atoms with Gasteiger partial charge in [-0.1, -0.05) is 11.6 Å². The minimum atomic E-state index is -0.554. The van der Waals surface area contributed by atoms with Crippen molar-refractivity contribution < 1.29 is 15.3 Å². The molecule has 0 amide bonds. The third-order valence-electron chi connectivity index (χ3n) is 5.52. The molecule has 2 aromatic heterocycles. The van der Waals surface area contributed by atoms with Crippen molar-refractivity contribution in [2.75, 3.05) is 13.2 Å². The molecule has 0 radical (unpaired) electrons. The highest BCUT2D eigenvalue weighted by molar-refractivity contribution is 6.33. The summed E-state index contributed by atoms with van der Waals surface area (Å²) >= 11 is 6.03. The Labute approximate surface area is 131 Å². The molecule has 2 aliphatic rings. The van der Waals surface area contributed by atoms with E-state index >= 15 is 0 Å². The molecule has 2 aromatic rings. The van der Waals surface area contributed by atoms with Crippen LogP contribution in [0.3, 0.4) is 0 Å². The molecule has 2 bridgehead atoms. The van der Waals surface area contributed by atoms with Gasteiger partial charge < -0.3 is 19.9 Å². The maximum Gasteiger partial charge on any atom is 0.165 e. The molecule has 4 atom stereocenters. The Balaban J connectivity index is 1.82. The monoisotopic (exact) mass is 324 g/mol. The van der Waals surface area contributed by atoms with Gasteiger partial charge in [0, 0.05) is 5.41 Å². The third-order valence-corrected chi connectivity index (χ3v) is 5.80. The van der Waals surface area contributed by atoms with Crippen LogP contribution >= 0.6 is 11.6 Å². The van der Waals surface area contributed by atoms with Crippen LogP contribution in [0.15, 0.2) is 12.7 Å². The van der Waals surface area contributed by atoms with Gasteiger partial charge in [-0.3, -0.25) is 0 Å². The fourth-order valence-corrected chi connectivity index (χ4v) is 4.60. The number of rotatable bonds is 3. The zero-order chi connectivity index (χ0) is 15.5. The van der Waals surface area contributed by atoms with Crippen LogP contribution in [0.1, 0.15) is 18.9 Å². The van der Waals surface area contributed by atoms with Crippen molar-refractivity contribution in [2.45, 2.75) is 25.0 Å². The molecule has 8 heteroatoms. The molecule has 0 saturated heterocycles. The van der Waals surface area contributed by atoms with Gasteiger partial charge in [-0.15, -0.1) is 0 Å². The molecule has 0 unspecified atom stereocenters. The van der Waals surface area contributed by atoms with Crippen molar-refractivity contribution >= 4 is 22.8 Å². The van der Waals surface area contributed by atoms with Crippen LogP contribution in [-0.2, 0) is 0 Å². The molecular weight excluding hydrogens is 308 g/mol. The average molecular weight is 325 g/mol. The Bertz CT molecular complexity index is 717. The standard InChI is InChI=1S/C14H17ClN4O3/c15-12-9-13(17-5-16-12)19(6-18-9)10-8-1-7(11(10)22)2-14(8,3-20)4-21/h5-8,10-11,20-22H,1-4H2/t7-,8-,10+,11+/m1/s1. The van der Waals surface area contributed by atoms with Gasteiger partial charge in [-0.2, -0.15) is 0 Å². The first-order chi connectivity index (χ1) is 10.6. The summed E-state index contributed by atoms with van der Waals surface area (Å²) in [5, 5.41) is 30.5. The third kappa shape index (κ3) is 1.70. The normalized spacial score (nSPS) is 32.9. The van der Waals surface area contributed by atoms with E-state index in [2.05, 4.69) is 15.0 Å². The predicted molar refractivity (Wildman–Crippen MR) is 78.2 cm³/mol. The maximum absolute atomic E-state index is 10.6. The molecule has 2 fully saturated rings. The molecular formula is C14H17ClN4O3. The molecule has 118 valence electrons. The van der Waals surface area contributed by atoms with E-state index in [1.807, 2.05) is 4.57 Å². The molecule has 2 saturated carbocycles. The maximum atomic E-state index is 10.6. The number of halogens is 1. The van der Waals surface area contributed by atoms with E-state index in [0.29, 0.717) is 17.6 Å². The minimum absolute atomic E-state index is 0.0198. The molecule has 2 heterocycles. The first kappa shape index (κ1) is 14.3. The predicted octanol–water partition coefficient (Wildman–Crippen LogP) is 0.392. The summed E-state index contributed by atoms with van der Waals surface area (Å²) in [6.07, 6.45) is 3.87. The summed E-state index contributed by atoms with van der Waals surface area (Å²) < 4.78 is 1.82. The van der Waals surface area contributed by atoms with Gasteiger partial charge in [0.25, 0.3) is 0 Å². The van der Waals surface area contributed by atoms with E-state index in [9.17, 15) is 15.3 Å². The Morgan fingerprint density at radius 3 is 2.73 bits per heavy atom. The number of imidazole rings is 1. The van der Waals surface area contributed by atoms with Crippen LogP contribution in [0, 0.1) is 17.3 Å². The summed E-state index contributed by atoms with van der Waals surface area (Å²) in [5.41, 5.74) is 0.515. The Morgan fingerprint density at radius 2 is 2.05 bits per heavy atom. The first-order valence-electron chi connectivity index (χ1n) is 7.34. The van der Waals surface area contributed by atoms with Crippen LogP contribution in [-0.4, -0.2) is 54.2 Å². The van der Waals surface area contributed by atoms with Gasteiger partial charge in [-0.05, 0) is 24.7 Å². The lowest BCUT2D eigenvalue weighted by atomic mass is 9.71. The second-order valence-corrected chi connectivity index (χ2v) is 6.81. The van der Waals surface area contributed by atoms with Crippen molar-refractivity contribution in [1.82, 2.24) is 19.5 Å². The molecule has 2 aliphatic carbocycles. The minimum Gasteiger partial charge on any atom is -0.396 e. The van der Waals surface area contributed by atoms with E-state index in [1.165, 1.54) is 6.33 Å². The second-order valence-electron chi connectivity index (χ2n) is 6.45. The van der Waals surface area contributed by atoms with Gasteiger partial charge in [0.1, 0.15) is 11.8 Å². The lowest BCUT2D eigenvalue weighted by Gasteiger charge is -2.41. The van der Waals surface area contributed by atoms with Gasteiger partial charge in [0.05, 0.1) is 31.7 Å². The van der Waals surface area contributed by atoms with Crippen LogP contribution in [0.2, 0.25) is 5.15 Å². The summed E-state index contributed by atoms with van der Waals surface area (Å²) in [7, 11) is 0. The smallest absolute Gasteiger partial charge is 0.165 e. The summed E-state index contributed by atoms with van der Waals surface area (Å²) in [4.78, 5) is 12.4. The lowest BCUT2D eigenvalue weighted by molar-refractivity contribution is -0.0516. The number of hydrogen-bond acceptors (Lipinski definition) is 6. The van der Waals surface area contributed by atoms with Crippen molar-refractivity contribution in [3.63, 3.8) is 0 Å². The van der Waals surface area contributed by atoms with Gasteiger partial charge >= 0.3 is 0 Å². The topological polar surface area (TPSA) is 104 Å². The van der Waals surface area contributed by atoms with Gasteiger partial charge in [0.15, 0.2) is 10.8 Å². The van der Waals surface area contributed by atoms with Crippen LogP contribution in [0.4, 0.5) is 0 Å². The van der Waals surface area contributed by atoms with Crippen molar-refractivity contribution in [2.24, 2.45) is 17.3 Å². The van der Waals surface area contributed by atoms with E-state index in [0.717, 1.165) is 6.42 Å². The largest absolute Gasteiger partial charge is 0.396 e. The highest BCUT2D eigenvalue weighted by Crippen LogP contribution is 2.60. The number of nitrogens with zero attached hydrogens (tertiary/aromatic N) is 4. The quantitative estimate of drug-likeness (QED) is 0.706. The average Bonchev–Trinajstić information content (AvgIpc) is 3.19. The molecule has 0 aromatic carbocycles. The van der Waals surface area contributed by atoms with E-state index < -0.39 is 11.5 Å². The van der Waals surface area contributed by atoms with Crippen LogP contribution < -0.4 is 0 Å². The second kappa shape index (κ2) is 4.86. The van der Waals surface area contributed by atoms with Crippen LogP contribution in [0.25, 0.3) is 11.2 Å². The van der Waals surface area contributed by atoms with Crippen LogP contribution in [0.5, 0.6) is 0 Å². The number of aromatic nitrogens is 4. The molecule has 0 spiro atoms. The molecule has 7 nitrogen and oxygen atoms in total. The fraction of sp³-hybridized carbons (Fsp3) is 0.643.